The molecule has 4 rings (SSSR count). The van der Waals surface area contributed by atoms with E-state index >= 15 is 0 Å². The monoisotopic (exact) mass is 660 g/mol. The van der Waals surface area contributed by atoms with Gasteiger partial charge in [0.15, 0.2) is 5.78 Å². The third-order valence-electron chi connectivity index (χ3n) is 9.98. The van der Waals surface area contributed by atoms with Crippen LogP contribution in [0.15, 0.2) is 60.7 Å². The SMILES string of the molecule is CC(C)CC(CC(=O)C(Cc1ccccc1)NC(=O)C(N)Cc1ccccc1)C(=O)NC(CCCCN)C(=O)N1CC2CCC(C1)C2N. The highest BCUT2D eigenvalue weighted by Crippen LogP contribution is 2.36. The van der Waals surface area contributed by atoms with Crippen molar-refractivity contribution in [3.63, 3.8) is 0 Å². The predicted molar refractivity (Wildman–Crippen MR) is 188 cm³/mol. The molecular formula is C38H56N6O4. The lowest BCUT2D eigenvalue weighted by atomic mass is 9.88. The van der Waals surface area contributed by atoms with Gasteiger partial charge in [0, 0.05) is 31.5 Å². The van der Waals surface area contributed by atoms with Crippen LogP contribution < -0.4 is 27.8 Å². The van der Waals surface area contributed by atoms with Crippen LogP contribution in [0.5, 0.6) is 0 Å². The van der Waals surface area contributed by atoms with E-state index in [0.717, 1.165) is 30.4 Å². The number of piperidine rings is 1. The molecular weight excluding hydrogens is 604 g/mol. The Morgan fingerprint density at radius 2 is 1.38 bits per heavy atom. The second kappa shape index (κ2) is 18.2. The second-order valence-corrected chi connectivity index (χ2v) is 14.3. The molecule has 1 aliphatic heterocycles. The zero-order valence-corrected chi connectivity index (χ0v) is 28.7. The van der Waals surface area contributed by atoms with Crippen LogP contribution >= 0.6 is 0 Å². The number of likely N-dealkylation sites (tertiary alicyclic amines) is 1. The Kier molecular flexibility index (Phi) is 14.1. The van der Waals surface area contributed by atoms with Crippen molar-refractivity contribution < 1.29 is 19.2 Å². The Labute approximate surface area is 285 Å². The molecule has 3 amide bonds. The minimum Gasteiger partial charge on any atom is -0.345 e. The van der Waals surface area contributed by atoms with E-state index in [4.69, 9.17) is 17.2 Å². The molecule has 262 valence electrons. The Balaban J connectivity index is 1.48. The molecule has 48 heavy (non-hydrogen) atoms. The lowest BCUT2D eigenvalue weighted by Crippen LogP contribution is -2.56. The van der Waals surface area contributed by atoms with Crippen LogP contribution in [0.2, 0.25) is 0 Å². The predicted octanol–water partition coefficient (Wildman–Crippen LogP) is 2.71. The highest BCUT2D eigenvalue weighted by Gasteiger charge is 2.43. The zero-order valence-electron chi connectivity index (χ0n) is 28.7. The summed E-state index contributed by atoms with van der Waals surface area (Å²) in [5.74, 6) is -1.02. The van der Waals surface area contributed by atoms with E-state index in [0.29, 0.717) is 45.3 Å². The summed E-state index contributed by atoms with van der Waals surface area (Å²) in [6, 6.07) is 16.7. The van der Waals surface area contributed by atoms with Gasteiger partial charge in [0.2, 0.25) is 17.7 Å². The van der Waals surface area contributed by atoms with E-state index in [1.165, 1.54) is 0 Å². The summed E-state index contributed by atoms with van der Waals surface area (Å²) in [4.78, 5) is 57.0. The molecule has 2 aromatic rings. The molecule has 1 aliphatic carbocycles. The molecule has 2 aliphatic rings. The van der Waals surface area contributed by atoms with Crippen molar-refractivity contribution in [1.82, 2.24) is 15.5 Å². The summed E-state index contributed by atoms with van der Waals surface area (Å²) in [7, 11) is 0. The summed E-state index contributed by atoms with van der Waals surface area (Å²) in [6.07, 6.45) is 4.99. The number of ketones is 1. The summed E-state index contributed by atoms with van der Waals surface area (Å²) in [6.45, 7) is 5.74. The van der Waals surface area contributed by atoms with Crippen molar-refractivity contribution in [1.29, 1.82) is 0 Å². The second-order valence-electron chi connectivity index (χ2n) is 14.3. The maximum atomic E-state index is 14.0. The van der Waals surface area contributed by atoms with Gasteiger partial charge in [-0.05, 0) is 86.8 Å². The summed E-state index contributed by atoms with van der Waals surface area (Å²) in [5, 5.41) is 5.97. The van der Waals surface area contributed by atoms with E-state index < -0.39 is 30.0 Å². The first-order valence-corrected chi connectivity index (χ1v) is 17.8. The van der Waals surface area contributed by atoms with E-state index in [9.17, 15) is 19.2 Å². The number of nitrogens with one attached hydrogen (secondary N) is 2. The topological polar surface area (TPSA) is 174 Å². The van der Waals surface area contributed by atoms with Crippen LogP contribution in [-0.2, 0) is 32.0 Å². The van der Waals surface area contributed by atoms with Crippen molar-refractivity contribution in [3.05, 3.63) is 71.8 Å². The van der Waals surface area contributed by atoms with Gasteiger partial charge in [0.1, 0.15) is 6.04 Å². The number of carbonyl (C=O) groups excluding carboxylic acids is 4. The van der Waals surface area contributed by atoms with Gasteiger partial charge in [-0.1, -0.05) is 74.5 Å². The van der Waals surface area contributed by atoms with Crippen LogP contribution in [0, 0.1) is 23.7 Å². The van der Waals surface area contributed by atoms with E-state index in [1.54, 1.807) is 0 Å². The number of hydrogen-bond acceptors (Lipinski definition) is 7. The molecule has 8 N–H and O–H groups in total. The van der Waals surface area contributed by atoms with Crippen LogP contribution in [0.3, 0.4) is 0 Å². The maximum absolute atomic E-state index is 14.0. The van der Waals surface area contributed by atoms with Gasteiger partial charge >= 0.3 is 0 Å². The van der Waals surface area contributed by atoms with Crippen LogP contribution in [0.25, 0.3) is 0 Å². The van der Waals surface area contributed by atoms with Crippen LogP contribution in [0.4, 0.5) is 0 Å². The van der Waals surface area contributed by atoms with Gasteiger partial charge in [0.25, 0.3) is 0 Å². The average molecular weight is 661 g/mol. The molecule has 6 unspecified atom stereocenters. The van der Waals surface area contributed by atoms with Crippen LogP contribution in [0.1, 0.15) is 69.9 Å². The van der Waals surface area contributed by atoms with E-state index in [2.05, 4.69) is 10.6 Å². The molecule has 10 heteroatoms. The standard InChI is InChI=1S/C38H56N6O4/c1-25(2)19-30(36(46)42-32(15-9-10-18-39)38(48)44-23-28-16-17-29(24-44)35(28)41)22-34(45)33(21-27-13-7-4-8-14-27)43-37(47)31(40)20-26-11-5-3-6-12-26/h3-8,11-14,25,28-33,35H,9-10,15-24,39-41H2,1-2H3,(H,42,46)(H,43,47). The first-order valence-electron chi connectivity index (χ1n) is 17.8. The first-order chi connectivity index (χ1) is 23.0. The number of hydrogen-bond donors (Lipinski definition) is 5. The fourth-order valence-corrected chi connectivity index (χ4v) is 7.28. The third-order valence-corrected chi connectivity index (χ3v) is 9.98. The van der Waals surface area contributed by atoms with Crippen molar-refractivity contribution >= 4 is 23.5 Å². The lowest BCUT2D eigenvalue weighted by Gasteiger charge is -2.38. The molecule has 0 radical (unpaired) electrons. The van der Waals surface area contributed by atoms with Crippen molar-refractivity contribution in [3.8, 4) is 0 Å². The number of benzene rings is 2. The molecule has 10 nitrogen and oxygen atoms in total. The summed E-state index contributed by atoms with van der Waals surface area (Å²) >= 11 is 0. The van der Waals surface area contributed by atoms with E-state index in [1.807, 2.05) is 79.4 Å². The normalized spacial score (nSPS) is 21.3. The van der Waals surface area contributed by atoms with Crippen molar-refractivity contribution in [2.24, 2.45) is 40.9 Å². The Morgan fingerprint density at radius 1 is 0.812 bits per heavy atom. The fraction of sp³-hybridized carbons (Fsp3) is 0.579. The molecule has 2 fully saturated rings. The third kappa shape index (κ3) is 10.7. The number of amides is 3. The number of nitrogens with two attached hydrogens (primary N) is 3. The number of unbranched alkanes of at least 4 members (excludes halogenated alkanes) is 1. The largest absolute Gasteiger partial charge is 0.345 e. The molecule has 1 heterocycles. The van der Waals surface area contributed by atoms with Gasteiger partial charge in [0.05, 0.1) is 12.1 Å². The van der Waals surface area contributed by atoms with Gasteiger partial charge in [-0.25, -0.2) is 0 Å². The number of rotatable bonds is 18. The first kappa shape index (κ1) is 37.2. The number of carbonyl (C=O) groups is 4. The molecule has 0 aromatic heterocycles. The smallest absolute Gasteiger partial charge is 0.245 e. The minimum absolute atomic E-state index is 0.0673. The summed E-state index contributed by atoms with van der Waals surface area (Å²) < 4.78 is 0. The quantitative estimate of drug-likeness (QED) is 0.153. The Morgan fingerprint density at radius 3 is 1.94 bits per heavy atom. The van der Waals surface area contributed by atoms with Crippen molar-refractivity contribution in [2.75, 3.05) is 19.6 Å². The van der Waals surface area contributed by atoms with Gasteiger partial charge in [-0.15, -0.1) is 0 Å². The fourth-order valence-electron chi connectivity index (χ4n) is 7.28. The highest BCUT2D eigenvalue weighted by atomic mass is 16.2. The average Bonchev–Trinajstić information content (AvgIpc) is 3.26. The lowest BCUT2D eigenvalue weighted by molar-refractivity contribution is -0.140. The number of fused-ring (bicyclic) bond motifs is 2. The van der Waals surface area contributed by atoms with Crippen molar-refractivity contribution in [2.45, 2.75) is 95.8 Å². The maximum Gasteiger partial charge on any atom is 0.245 e. The molecule has 1 saturated carbocycles. The summed E-state index contributed by atoms with van der Waals surface area (Å²) in [5.41, 5.74) is 20.3. The Hall–Kier alpha value is -3.60. The molecule has 1 saturated heterocycles. The van der Waals surface area contributed by atoms with Gasteiger partial charge in [-0.2, -0.15) is 0 Å². The Bertz CT molecular complexity index is 1330. The number of Topliss-reactive ketones (excluding diaryl/α,β-unsaturated/α-hetero) is 1. The number of nitrogens with zero attached hydrogens (tertiary/aromatic N) is 1. The molecule has 2 bridgehead atoms. The molecule has 0 spiro atoms. The highest BCUT2D eigenvalue weighted by molar-refractivity contribution is 5.95. The molecule has 6 atom stereocenters. The van der Waals surface area contributed by atoms with Crippen LogP contribution in [-0.4, -0.2) is 72.2 Å². The minimum atomic E-state index is -0.862. The van der Waals surface area contributed by atoms with Gasteiger partial charge in [-0.3, -0.25) is 19.2 Å². The zero-order chi connectivity index (χ0) is 34.6. The molecule has 2 aromatic carbocycles. The van der Waals surface area contributed by atoms with E-state index in [-0.39, 0.29) is 54.2 Å². The van der Waals surface area contributed by atoms with Gasteiger partial charge < -0.3 is 32.7 Å².